The van der Waals surface area contributed by atoms with E-state index in [1.807, 2.05) is 42.2 Å². The number of rotatable bonds is 6. The number of nitrogens with zero attached hydrogens (tertiary/aromatic N) is 3. The number of hydrogen-bond acceptors (Lipinski definition) is 6. The standard InChI is InChI=1S/C31H41N5O4/c1-6-34-16-17-35(30(37)29(32)25-11-7-8-12-26(25)33-3)15-9-10-23-18-21(2)28-22(20-36(23)31(34)38)13-14-24(39-4)19-27(28)40-5/h7-8,11-12,14,18-19,21,32-33H,6,9-10,13,15-17,20H2,1-5H3/t21-/m0/s1. The van der Waals surface area contributed by atoms with Gasteiger partial charge in [-0.25, -0.2) is 4.79 Å². The molecule has 3 amide bonds. The summed E-state index contributed by atoms with van der Waals surface area (Å²) in [5.74, 6) is 1.21. The van der Waals surface area contributed by atoms with Gasteiger partial charge in [-0.1, -0.05) is 31.2 Å². The highest BCUT2D eigenvalue weighted by molar-refractivity contribution is 6.45. The van der Waals surface area contributed by atoms with Crippen molar-refractivity contribution in [3.8, 4) is 0 Å². The van der Waals surface area contributed by atoms with Crippen LogP contribution in [0, 0.1) is 11.3 Å². The molecule has 0 aromatic heterocycles. The third kappa shape index (κ3) is 5.93. The Balaban J connectivity index is 1.62. The van der Waals surface area contributed by atoms with E-state index < -0.39 is 0 Å². The topological polar surface area (TPSA) is 98.2 Å². The maximum Gasteiger partial charge on any atom is 0.324 e. The molecule has 0 saturated carbocycles. The number of likely N-dealkylation sites (N-methyl/N-ethyl adjacent to an activating group) is 1. The van der Waals surface area contributed by atoms with Gasteiger partial charge in [-0.3, -0.25) is 15.1 Å². The molecule has 2 aliphatic heterocycles. The van der Waals surface area contributed by atoms with Gasteiger partial charge >= 0.3 is 6.03 Å². The number of nitrogens with one attached hydrogen (secondary N) is 2. The van der Waals surface area contributed by atoms with Gasteiger partial charge in [0.05, 0.1) is 14.2 Å². The normalized spacial score (nSPS) is 20.2. The summed E-state index contributed by atoms with van der Waals surface area (Å²) in [5.41, 5.74) is 4.45. The van der Waals surface area contributed by atoms with E-state index in [4.69, 9.17) is 14.9 Å². The molecule has 1 aromatic rings. The number of allylic oxidation sites excluding steroid dienone is 5. The fraction of sp³-hybridized carbons (Fsp3) is 0.452. The second-order valence-electron chi connectivity index (χ2n) is 10.2. The number of para-hydroxylation sites is 1. The van der Waals surface area contributed by atoms with Crippen LogP contribution in [0.3, 0.4) is 0 Å². The van der Waals surface area contributed by atoms with Crippen LogP contribution in [-0.2, 0) is 14.3 Å². The first kappa shape index (κ1) is 29.0. The minimum atomic E-state index is -0.323. The number of methoxy groups -OCH3 is 2. The van der Waals surface area contributed by atoms with Crippen molar-refractivity contribution in [2.75, 3.05) is 59.3 Å². The van der Waals surface area contributed by atoms with Crippen LogP contribution in [-0.4, -0.2) is 86.3 Å². The van der Waals surface area contributed by atoms with Crippen molar-refractivity contribution in [2.45, 2.75) is 33.1 Å². The van der Waals surface area contributed by atoms with Gasteiger partial charge in [0, 0.05) is 74.3 Å². The molecule has 0 unspecified atom stereocenters. The maximum absolute atomic E-state index is 14.0. The molecule has 1 saturated heterocycles. The van der Waals surface area contributed by atoms with Crippen molar-refractivity contribution in [2.24, 2.45) is 5.92 Å². The van der Waals surface area contributed by atoms with Crippen LogP contribution in [0.4, 0.5) is 10.5 Å². The monoisotopic (exact) mass is 547 g/mol. The third-order valence-electron chi connectivity index (χ3n) is 7.87. The molecule has 40 heavy (non-hydrogen) atoms. The molecule has 1 atom stereocenters. The number of anilines is 1. The number of ether oxygens (including phenoxy) is 2. The van der Waals surface area contributed by atoms with Gasteiger partial charge in [-0.15, -0.1) is 0 Å². The highest BCUT2D eigenvalue weighted by atomic mass is 16.5. The van der Waals surface area contributed by atoms with Gasteiger partial charge in [0.1, 0.15) is 17.2 Å². The van der Waals surface area contributed by atoms with Crippen molar-refractivity contribution in [3.05, 3.63) is 76.4 Å². The zero-order valence-corrected chi connectivity index (χ0v) is 24.3. The van der Waals surface area contributed by atoms with E-state index in [1.165, 1.54) is 0 Å². The number of fused-ring (bicyclic) bond motifs is 1. The smallest absolute Gasteiger partial charge is 0.324 e. The van der Waals surface area contributed by atoms with E-state index in [1.54, 1.807) is 37.1 Å². The zero-order valence-electron chi connectivity index (χ0n) is 24.3. The van der Waals surface area contributed by atoms with E-state index in [0.717, 1.165) is 34.0 Å². The summed E-state index contributed by atoms with van der Waals surface area (Å²) >= 11 is 0. The minimum absolute atomic E-state index is 0.0283. The zero-order chi connectivity index (χ0) is 28.8. The first-order valence-electron chi connectivity index (χ1n) is 14.0. The van der Waals surface area contributed by atoms with Crippen molar-refractivity contribution in [1.29, 1.82) is 5.41 Å². The van der Waals surface area contributed by atoms with Crippen molar-refractivity contribution >= 4 is 23.3 Å². The van der Waals surface area contributed by atoms with Crippen LogP contribution >= 0.6 is 0 Å². The Bertz CT molecular complexity index is 1280. The van der Waals surface area contributed by atoms with Crippen LogP contribution in [0.25, 0.3) is 0 Å². The summed E-state index contributed by atoms with van der Waals surface area (Å²) in [6.07, 6.45) is 8.11. The lowest BCUT2D eigenvalue weighted by Gasteiger charge is -2.35. The first-order valence-corrected chi connectivity index (χ1v) is 14.0. The Morgan fingerprint density at radius 3 is 2.62 bits per heavy atom. The summed E-state index contributed by atoms with van der Waals surface area (Å²) in [5, 5.41) is 11.8. The van der Waals surface area contributed by atoms with Crippen LogP contribution in [0.1, 0.15) is 38.7 Å². The summed E-state index contributed by atoms with van der Waals surface area (Å²) in [6.45, 7) is 6.35. The Labute approximate surface area is 237 Å². The van der Waals surface area contributed by atoms with Gasteiger partial charge in [-0.05, 0) is 43.9 Å². The molecule has 214 valence electrons. The van der Waals surface area contributed by atoms with E-state index in [9.17, 15) is 9.59 Å². The summed E-state index contributed by atoms with van der Waals surface area (Å²) in [4.78, 5) is 32.9. The molecule has 2 N–H and O–H groups in total. The summed E-state index contributed by atoms with van der Waals surface area (Å²) < 4.78 is 11.3. The summed E-state index contributed by atoms with van der Waals surface area (Å²) in [6, 6.07) is 7.29. The Morgan fingerprint density at radius 2 is 1.93 bits per heavy atom. The summed E-state index contributed by atoms with van der Waals surface area (Å²) in [7, 11) is 5.10. The average molecular weight is 548 g/mol. The van der Waals surface area contributed by atoms with Crippen LogP contribution in [0.5, 0.6) is 0 Å². The van der Waals surface area contributed by atoms with Crippen molar-refractivity contribution < 1.29 is 19.1 Å². The Kier molecular flexibility index (Phi) is 9.34. The van der Waals surface area contributed by atoms with Gasteiger partial charge in [0.15, 0.2) is 0 Å². The van der Waals surface area contributed by atoms with Crippen molar-refractivity contribution in [3.63, 3.8) is 0 Å². The third-order valence-corrected chi connectivity index (χ3v) is 7.87. The minimum Gasteiger partial charge on any atom is -0.497 e. The lowest BCUT2D eigenvalue weighted by molar-refractivity contribution is -0.124. The quantitative estimate of drug-likeness (QED) is 0.501. The SMILES string of the molecule is CCN1CCN(C(=O)C(=N)c2ccccc2NC)CCCC2=C[C@H](C)C3=C(CC=C(OC)C=C3OC)CN2C1=O. The Hall–Kier alpha value is -4.01. The molecule has 1 aliphatic carbocycles. The number of amides is 3. The van der Waals surface area contributed by atoms with E-state index in [2.05, 4.69) is 18.3 Å². The maximum atomic E-state index is 14.0. The van der Waals surface area contributed by atoms with Crippen LogP contribution in [0.2, 0.25) is 0 Å². The molecule has 9 heteroatoms. The lowest BCUT2D eigenvalue weighted by Crippen LogP contribution is -2.49. The molecule has 4 rings (SSSR count). The molecule has 3 aliphatic rings. The van der Waals surface area contributed by atoms with Gasteiger partial charge in [0.25, 0.3) is 5.91 Å². The fourth-order valence-corrected chi connectivity index (χ4v) is 5.70. The highest BCUT2D eigenvalue weighted by Crippen LogP contribution is 2.36. The molecule has 9 nitrogen and oxygen atoms in total. The van der Waals surface area contributed by atoms with Gasteiger partial charge in [-0.2, -0.15) is 0 Å². The second kappa shape index (κ2) is 12.9. The molecule has 2 heterocycles. The molecular weight excluding hydrogens is 506 g/mol. The predicted octanol–water partition coefficient (Wildman–Crippen LogP) is 4.76. The van der Waals surface area contributed by atoms with Crippen molar-refractivity contribution in [1.82, 2.24) is 14.7 Å². The second-order valence-corrected chi connectivity index (χ2v) is 10.2. The van der Waals surface area contributed by atoms with Crippen LogP contribution < -0.4 is 5.32 Å². The Morgan fingerprint density at radius 1 is 1.15 bits per heavy atom. The number of hydrogen-bond donors (Lipinski definition) is 2. The van der Waals surface area contributed by atoms with Crippen LogP contribution in [0.15, 0.2) is 70.9 Å². The first-order chi connectivity index (χ1) is 19.3. The largest absolute Gasteiger partial charge is 0.497 e. The number of carbonyl (C=O) groups is 2. The molecule has 1 aromatic carbocycles. The highest BCUT2D eigenvalue weighted by Gasteiger charge is 2.33. The van der Waals surface area contributed by atoms with Gasteiger partial charge < -0.3 is 24.6 Å². The number of carbonyl (C=O) groups excluding carboxylic acids is 2. The molecule has 0 bridgehead atoms. The lowest BCUT2D eigenvalue weighted by atomic mass is 9.93. The van der Waals surface area contributed by atoms with E-state index in [-0.39, 0.29) is 23.6 Å². The molecule has 0 radical (unpaired) electrons. The number of benzene rings is 1. The average Bonchev–Trinajstić information content (AvgIpc) is 3.24. The predicted molar refractivity (Wildman–Crippen MR) is 157 cm³/mol. The molecule has 0 spiro atoms. The fourth-order valence-electron chi connectivity index (χ4n) is 5.70. The molecule has 1 fully saturated rings. The van der Waals surface area contributed by atoms with Gasteiger partial charge in [0.2, 0.25) is 0 Å². The van der Waals surface area contributed by atoms with E-state index in [0.29, 0.717) is 57.5 Å². The number of urea groups is 1. The van der Waals surface area contributed by atoms with E-state index >= 15 is 0 Å². The molecular formula is C31H41N5O4.